The standard InChI is InChI=1S/C18H22N4O2S/c1-13-16(12-19-18(20-13)25-3)17(23)22-9-7-21(8-10-22)14-5-4-6-15(11-14)24-2/h4-6,11-12H,7-10H2,1-3H3. The number of methoxy groups -OCH3 is 1. The van der Waals surface area contributed by atoms with Crippen molar-refractivity contribution in [1.29, 1.82) is 0 Å². The summed E-state index contributed by atoms with van der Waals surface area (Å²) in [6, 6.07) is 8.01. The Hall–Kier alpha value is -2.28. The third-order valence-corrected chi connectivity index (χ3v) is 4.92. The van der Waals surface area contributed by atoms with E-state index in [9.17, 15) is 4.79 Å². The van der Waals surface area contributed by atoms with Crippen LogP contribution in [0.25, 0.3) is 0 Å². The Morgan fingerprint density at radius 1 is 1.24 bits per heavy atom. The molecule has 0 N–H and O–H groups in total. The van der Waals surface area contributed by atoms with Crippen LogP contribution in [0.2, 0.25) is 0 Å². The van der Waals surface area contributed by atoms with Crippen LogP contribution < -0.4 is 9.64 Å². The summed E-state index contributed by atoms with van der Waals surface area (Å²) in [5, 5.41) is 0.692. The van der Waals surface area contributed by atoms with Crippen molar-refractivity contribution in [2.24, 2.45) is 0 Å². The summed E-state index contributed by atoms with van der Waals surface area (Å²) in [4.78, 5) is 25.5. The summed E-state index contributed by atoms with van der Waals surface area (Å²) in [5.74, 6) is 0.855. The zero-order chi connectivity index (χ0) is 17.8. The Morgan fingerprint density at radius 2 is 2.00 bits per heavy atom. The third kappa shape index (κ3) is 3.87. The lowest BCUT2D eigenvalue weighted by molar-refractivity contribution is 0.0745. The van der Waals surface area contributed by atoms with Gasteiger partial charge in [-0.05, 0) is 25.3 Å². The first-order valence-corrected chi connectivity index (χ1v) is 9.40. The van der Waals surface area contributed by atoms with Crippen LogP contribution >= 0.6 is 11.8 Å². The largest absolute Gasteiger partial charge is 0.497 e. The minimum atomic E-state index is 0.00967. The van der Waals surface area contributed by atoms with E-state index in [4.69, 9.17) is 4.74 Å². The number of carbonyl (C=O) groups excluding carboxylic acids is 1. The summed E-state index contributed by atoms with van der Waals surface area (Å²) < 4.78 is 5.29. The van der Waals surface area contributed by atoms with Crippen LogP contribution in [0.1, 0.15) is 16.1 Å². The van der Waals surface area contributed by atoms with Gasteiger partial charge in [-0.1, -0.05) is 17.8 Å². The lowest BCUT2D eigenvalue weighted by atomic mass is 10.2. The zero-order valence-corrected chi connectivity index (χ0v) is 15.5. The number of hydrogen-bond acceptors (Lipinski definition) is 6. The quantitative estimate of drug-likeness (QED) is 0.618. The molecule has 3 rings (SSSR count). The van der Waals surface area contributed by atoms with Crippen molar-refractivity contribution in [3.8, 4) is 5.75 Å². The van der Waals surface area contributed by atoms with Gasteiger partial charge in [0.15, 0.2) is 5.16 Å². The second-order valence-corrected chi connectivity index (χ2v) is 6.61. The number of hydrogen-bond donors (Lipinski definition) is 0. The van der Waals surface area contributed by atoms with E-state index in [2.05, 4.69) is 20.9 Å². The van der Waals surface area contributed by atoms with E-state index in [1.807, 2.05) is 36.3 Å². The molecule has 0 aliphatic carbocycles. The predicted molar refractivity (Wildman–Crippen MR) is 99.7 cm³/mol. The highest BCUT2D eigenvalue weighted by molar-refractivity contribution is 7.98. The average Bonchev–Trinajstić information content (AvgIpc) is 2.67. The van der Waals surface area contributed by atoms with Gasteiger partial charge in [-0.2, -0.15) is 0 Å². The van der Waals surface area contributed by atoms with Crippen molar-refractivity contribution in [1.82, 2.24) is 14.9 Å². The number of anilines is 1. The number of aromatic nitrogens is 2. The van der Waals surface area contributed by atoms with Crippen LogP contribution in [0.15, 0.2) is 35.6 Å². The lowest BCUT2D eigenvalue weighted by Gasteiger charge is -2.36. The van der Waals surface area contributed by atoms with Gasteiger partial charge in [0.05, 0.1) is 18.4 Å². The number of thioether (sulfide) groups is 1. The molecule has 0 spiro atoms. The van der Waals surface area contributed by atoms with Gasteiger partial charge in [0, 0.05) is 44.1 Å². The maximum absolute atomic E-state index is 12.8. The number of aryl methyl sites for hydroxylation is 1. The maximum Gasteiger partial charge on any atom is 0.257 e. The maximum atomic E-state index is 12.8. The van der Waals surface area contributed by atoms with E-state index in [-0.39, 0.29) is 5.91 Å². The molecule has 1 aliphatic rings. The number of rotatable bonds is 4. The normalized spacial score (nSPS) is 14.5. The van der Waals surface area contributed by atoms with Crippen molar-refractivity contribution in [3.63, 3.8) is 0 Å². The topological polar surface area (TPSA) is 58.6 Å². The Balaban J connectivity index is 1.66. The summed E-state index contributed by atoms with van der Waals surface area (Å²) in [6.45, 7) is 4.81. The third-order valence-electron chi connectivity index (χ3n) is 4.36. The first-order chi connectivity index (χ1) is 12.1. The second kappa shape index (κ2) is 7.74. The van der Waals surface area contributed by atoms with Gasteiger partial charge in [-0.15, -0.1) is 0 Å². The molecule has 0 unspecified atom stereocenters. The summed E-state index contributed by atoms with van der Waals surface area (Å²) >= 11 is 1.48. The van der Waals surface area contributed by atoms with Gasteiger partial charge >= 0.3 is 0 Å². The van der Waals surface area contributed by atoms with Crippen molar-refractivity contribution >= 4 is 23.4 Å². The van der Waals surface area contributed by atoms with Crippen LogP contribution in [-0.2, 0) is 0 Å². The zero-order valence-electron chi connectivity index (χ0n) is 14.7. The fourth-order valence-corrected chi connectivity index (χ4v) is 3.29. The SMILES string of the molecule is COc1cccc(N2CCN(C(=O)c3cnc(SC)nc3C)CC2)c1. The molecule has 1 aliphatic heterocycles. The fraction of sp³-hybridized carbons (Fsp3) is 0.389. The number of amides is 1. The van der Waals surface area contributed by atoms with Crippen LogP contribution in [-0.4, -0.2) is 60.3 Å². The Bertz CT molecular complexity index is 760. The van der Waals surface area contributed by atoms with Crippen LogP contribution in [0, 0.1) is 6.92 Å². The first kappa shape index (κ1) is 17.5. The molecular weight excluding hydrogens is 336 g/mol. The van der Waals surface area contributed by atoms with E-state index in [0.29, 0.717) is 23.8 Å². The highest BCUT2D eigenvalue weighted by Crippen LogP contribution is 2.22. The van der Waals surface area contributed by atoms with E-state index in [1.54, 1.807) is 13.3 Å². The monoisotopic (exact) mass is 358 g/mol. The van der Waals surface area contributed by atoms with Crippen molar-refractivity contribution in [2.45, 2.75) is 12.1 Å². The van der Waals surface area contributed by atoms with Gasteiger partial charge in [0.2, 0.25) is 0 Å². The van der Waals surface area contributed by atoms with Gasteiger partial charge in [0.1, 0.15) is 5.75 Å². The Morgan fingerprint density at radius 3 is 2.64 bits per heavy atom. The molecule has 1 amide bonds. The summed E-state index contributed by atoms with van der Waals surface area (Å²) in [7, 11) is 1.67. The van der Waals surface area contributed by atoms with Crippen LogP contribution in [0.5, 0.6) is 5.75 Å². The molecule has 0 atom stereocenters. The molecule has 0 saturated carbocycles. The highest BCUT2D eigenvalue weighted by atomic mass is 32.2. The van der Waals surface area contributed by atoms with E-state index >= 15 is 0 Å². The lowest BCUT2D eigenvalue weighted by Crippen LogP contribution is -2.49. The molecule has 2 aromatic rings. The molecule has 132 valence electrons. The van der Waals surface area contributed by atoms with Gasteiger partial charge in [-0.3, -0.25) is 4.79 Å². The Kier molecular flexibility index (Phi) is 5.43. The molecule has 7 heteroatoms. The van der Waals surface area contributed by atoms with Crippen molar-refractivity contribution < 1.29 is 9.53 Å². The van der Waals surface area contributed by atoms with Gasteiger partial charge < -0.3 is 14.5 Å². The van der Waals surface area contributed by atoms with Crippen LogP contribution in [0.3, 0.4) is 0 Å². The van der Waals surface area contributed by atoms with Crippen LogP contribution in [0.4, 0.5) is 5.69 Å². The molecule has 1 saturated heterocycles. The molecule has 0 radical (unpaired) electrons. The molecule has 6 nitrogen and oxygen atoms in total. The van der Waals surface area contributed by atoms with Gasteiger partial charge in [0.25, 0.3) is 5.91 Å². The van der Waals surface area contributed by atoms with E-state index < -0.39 is 0 Å². The average molecular weight is 358 g/mol. The summed E-state index contributed by atoms with van der Waals surface area (Å²) in [6.07, 6.45) is 3.57. The van der Waals surface area contributed by atoms with Crippen molar-refractivity contribution in [3.05, 3.63) is 41.7 Å². The molecule has 2 heterocycles. The van der Waals surface area contributed by atoms with Gasteiger partial charge in [-0.25, -0.2) is 9.97 Å². The minimum Gasteiger partial charge on any atom is -0.497 e. The molecule has 1 aromatic heterocycles. The van der Waals surface area contributed by atoms with E-state index in [0.717, 1.165) is 30.2 Å². The highest BCUT2D eigenvalue weighted by Gasteiger charge is 2.24. The van der Waals surface area contributed by atoms with Crippen molar-refractivity contribution in [2.75, 3.05) is 44.4 Å². The number of piperazine rings is 1. The molecule has 0 bridgehead atoms. The molecule has 1 fully saturated rings. The smallest absolute Gasteiger partial charge is 0.257 e. The fourth-order valence-electron chi connectivity index (χ4n) is 2.90. The summed E-state index contributed by atoms with van der Waals surface area (Å²) in [5.41, 5.74) is 2.45. The number of nitrogens with zero attached hydrogens (tertiary/aromatic N) is 4. The first-order valence-electron chi connectivity index (χ1n) is 8.18. The minimum absolute atomic E-state index is 0.00967. The molecular formula is C18H22N4O2S. The second-order valence-electron chi connectivity index (χ2n) is 5.84. The number of benzene rings is 1. The predicted octanol–water partition coefficient (Wildman–Crippen LogP) is 2.48. The molecule has 25 heavy (non-hydrogen) atoms. The van der Waals surface area contributed by atoms with E-state index in [1.165, 1.54) is 11.8 Å². The number of ether oxygens (including phenoxy) is 1. The number of carbonyl (C=O) groups is 1. The molecule has 1 aromatic carbocycles. The Labute approximate surface area is 152 Å².